The Balaban J connectivity index is 1.80. The summed E-state index contributed by atoms with van der Waals surface area (Å²) in [5, 5.41) is 3.97. The molecule has 2 heterocycles. The fourth-order valence-corrected chi connectivity index (χ4v) is 2.88. The van der Waals surface area contributed by atoms with E-state index in [0.717, 1.165) is 12.0 Å². The maximum Gasteiger partial charge on any atom is 0.292 e. The van der Waals surface area contributed by atoms with Crippen LogP contribution in [-0.4, -0.2) is 34.5 Å². The molecule has 1 aromatic heterocycles. The summed E-state index contributed by atoms with van der Waals surface area (Å²) in [6.45, 7) is 2.29. The Labute approximate surface area is 134 Å². The lowest BCUT2D eigenvalue weighted by Gasteiger charge is -2.36. The highest BCUT2D eigenvalue weighted by Crippen LogP contribution is 2.25. The first-order chi connectivity index (χ1) is 11.1. The first kappa shape index (κ1) is 15.3. The van der Waals surface area contributed by atoms with Gasteiger partial charge < -0.3 is 15.2 Å². The van der Waals surface area contributed by atoms with Crippen molar-refractivity contribution in [2.24, 2.45) is 11.7 Å². The van der Waals surface area contributed by atoms with Crippen molar-refractivity contribution in [1.82, 2.24) is 10.1 Å². The lowest BCUT2D eigenvalue weighted by atomic mass is 9.92. The minimum atomic E-state index is -0.364. The molecule has 2 atom stereocenters. The van der Waals surface area contributed by atoms with Crippen LogP contribution in [0.1, 0.15) is 30.3 Å². The van der Waals surface area contributed by atoms with Crippen molar-refractivity contribution in [1.29, 1.82) is 0 Å². The maximum absolute atomic E-state index is 12.7. The van der Waals surface area contributed by atoms with Gasteiger partial charge in [0.1, 0.15) is 5.69 Å². The first-order valence-corrected chi connectivity index (χ1v) is 7.68. The number of hydrogen-bond acceptors (Lipinski definition) is 4. The summed E-state index contributed by atoms with van der Waals surface area (Å²) in [6, 6.07) is 11.2. The molecular weight excluding hydrogens is 294 g/mol. The fraction of sp³-hybridized carbons (Fsp3) is 0.353. The number of carbonyl (C=O) groups is 2. The topological polar surface area (TPSA) is 89.4 Å². The van der Waals surface area contributed by atoms with Gasteiger partial charge in [0.2, 0.25) is 11.7 Å². The van der Waals surface area contributed by atoms with E-state index in [0.29, 0.717) is 18.7 Å². The Morgan fingerprint density at radius 2 is 2.00 bits per heavy atom. The van der Waals surface area contributed by atoms with Crippen LogP contribution in [0, 0.1) is 5.92 Å². The summed E-state index contributed by atoms with van der Waals surface area (Å²) in [6.07, 6.45) is 1.46. The van der Waals surface area contributed by atoms with Gasteiger partial charge in [-0.25, -0.2) is 0 Å². The van der Waals surface area contributed by atoms with Gasteiger partial charge in [0.25, 0.3) is 5.91 Å². The molecule has 0 bridgehead atoms. The predicted octanol–water partition coefficient (Wildman–Crippen LogP) is 2.07. The summed E-state index contributed by atoms with van der Waals surface area (Å²) in [7, 11) is 0. The maximum atomic E-state index is 12.7. The highest BCUT2D eigenvalue weighted by atomic mass is 16.5. The number of nitrogens with zero attached hydrogens (tertiary/aromatic N) is 2. The normalized spacial score (nSPS) is 21.2. The van der Waals surface area contributed by atoms with Crippen molar-refractivity contribution in [3.63, 3.8) is 0 Å². The molecule has 2 aromatic rings. The van der Waals surface area contributed by atoms with Crippen LogP contribution in [0.15, 0.2) is 40.9 Å². The monoisotopic (exact) mass is 313 g/mol. The molecule has 23 heavy (non-hydrogen) atoms. The number of likely N-dealkylation sites (tertiary alicyclic amines) is 1. The molecule has 3 rings (SSSR count). The van der Waals surface area contributed by atoms with Gasteiger partial charge >= 0.3 is 0 Å². The summed E-state index contributed by atoms with van der Waals surface area (Å²) in [4.78, 5) is 25.7. The molecule has 1 aliphatic heterocycles. The first-order valence-electron chi connectivity index (χ1n) is 7.68. The van der Waals surface area contributed by atoms with Crippen LogP contribution in [0.2, 0.25) is 0 Å². The molecule has 6 heteroatoms. The SMILES string of the molecule is C[C@H]1CC[C@@H](C(N)=O)CN1C(=O)c1cc(-c2ccccc2)no1. The van der Waals surface area contributed by atoms with Crippen molar-refractivity contribution < 1.29 is 14.1 Å². The third-order valence-electron chi connectivity index (χ3n) is 4.34. The number of nitrogens with two attached hydrogens (primary N) is 1. The van der Waals surface area contributed by atoms with Crippen LogP contribution < -0.4 is 5.73 Å². The van der Waals surface area contributed by atoms with E-state index in [2.05, 4.69) is 5.16 Å². The molecule has 0 saturated carbocycles. The zero-order valence-corrected chi connectivity index (χ0v) is 12.9. The van der Waals surface area contributed by atoms with Gasteiger partial charge in [0.05, 0.1) is 5.92 Å². The van der Waals surface area contributed by atoms with Gasteiger partial charge in [-0.3, -0.25) is 9.59 Å². The summed E-state index contributed by atoms with van der Waals surface area (Å²) < 4.78 is 5.22. The summed E-state index contributed by atoms with van der Waals surface area (Å²) >= 11 is 0. The van der Waals surface area contributed by atoms with Gasteiger partial charge in [-0.2, -0.15) is 0 Å². The summed E-state index contributed by atoms with van der Waals surface area (Å²) in [5.41, 5.74) is 6.88. The number of rotatable bonds is 3. The van der Waals surface area contributed by atoms with E-state index < -0.39 is 0 Å². The van der Waals surface area contributed by atoms with Crippen molar-refractivity contribution in [3.8, 4) is 11.3 Å². The lowest BCUT2D eigenvalue weighted by Crippen LogP contribution is -2.48. The van der Waals surface area contributed by atoms with Crippen molar-refractivity contribution in [2.45, 2.75) is 25.8 Å². The number of piperidine rings is 1. The molecule has 2 amide bonds. The molecule has 1 aromatic carbocycles. The van der Waals surface area contributed by atoms with E-state index in [1.165, 1.54) is 0 Å². The smallest absolute Gasteiger partial charge is 0.292 e. The van der Waals surface area contributed by atoms with Crippen LogP contribution in [0.3, 0.4) is 0 Å². The van der Waals surface area contributed by atoms with Crippen molar-refractivity contribution in [3.05, 3.63) is 42.2 Å². The molecule has 0 unspecified atom stereocenters. The average Bonchev–Trinajstić information content (AvgIpc) is 3.05. The Morgan fingerprint density at radius 3 is 2.70 bits per heavy atom. The van der Waals surface area contributed by atoms with E-state index in [-0.39, 0.29) is 29.5 Å². The van der Waals surface area contributed by atoms with Crippen LogP contribution >= 0.6 is 0 Å². The molecule has 1 aliphatic rings. The Bertz CT molecular complexity index is 711. The van der Waals surface area contributed by atoms with E-state index in [1.807, 2.05) is 37.3 Å². The van der Waals surface area contributed by atoms with Crippen LogP contribution in [0.4, 0.5) is 0 Å². The van der Waals surface area contributed by atoms with Crippen molar-refractivity contribution >= 4 is 11.8 Å². The second kappa shape index (κ2) is 6.24. The van der Waals surface area contributed by atoms with E-state index >= 15 is 0 Å². The second-order valence-corrected chi connectivity index (χ2v) is 5.93. The van der Waals surface area contributed by atoms with E-state index in [9.17, 15) is 9.59 Å². The van der Waals surface area contributed by atoms with Crippen molar-refractivity contribution in [2.75, 3.05) is 6.54 Å². The third-order valence-corrected chi connectivity index (χ3v) is 4.34. The predicted molar refractivity (Wildman–Crippen MR) is 84.4 cm³/mol. The molecular formula is C17H19N3O3. The molecule has 0 radical (unpaired) electrons. The highest BCUT2D eigenvalue weighted by molar-refractivity contribution is 5.93. The van der Waals surface area contributed by atoms with Crippen LogP contribution in [-0.2, 0) is 4.79 Å². The molecule has 1 saturated heterocycles. The minimum absolute atomic E-state index is 0.0448. The van der Waals surface area contributed by atoms with Gasteiger partial charge in [0, 0.05) is 24.2 Å². The fourth-order valence-electron chi connectivity index (χ4n) is 2.88. The zero-order chi connectivity index (χ0) is 16.4. The molecule has 120 valence electrons. The summed E-state index contributed by atoms with van der Waals surface area (Å²) in [5.74, 6) is -0.733. The van der Waals surface area contributed by atoms with E-state index in [4.69, 9.17) is 10.3 Å². The standard InChI is InChI=1S/C17H19N3O3/c1-11-7-8-13(16(18)21)10-20(11)17(22)15-9-14(19-23-15)12-5-3-2-4-6-12/h2-6,9,11,13H,7-8,10H2,1H3,(H2,18,21)/t11-,13+/m0/s1. The van der Waals surface area contributed by atoms with Gasteiger partial charge in [-0.1, -0.05) is 35.5 Å². The van der Waals surface area contributed by atoms with Crippen LogP contribution in [0.5, 0.6) is 0 Å². The van der Waals surface area contributed by atoms with Gasteiger partial charge in [0.15, 0.2) is 0 Å². The van der Waals surface area contributed by atoms with Gasteiger partial charge in [-0.15, -0.1) is 0 Å². The number of amides is 2. The third kappa shape index (κ3) is 3.11. The van der Waals surface area contributed by atoms with Gasteiger partial charge in [-0.05, 0) is 19.8 Å². The number of hydrogen-bond donors (Lipinski definition) is 1. The minimum Gasteiger partial charge on any atom is -0.369 e. The number of carbonyl (C=O) groups excluding carboxylic acids is 2. The molecule has 6 nitrogen and oxygen atoms in total. The van der Waals surface area contributed by atoms with E-state index in [1.54, 1.807) is 11.0 Å². The second-order valence-electron chi connectivity index (χ2n) is 5.93. The molecule has 0 aliphatic carbocycles. The van der Waals surface area contributed by atoms with Crippen LogP contribution in [0.25, 0.3) is 11.3 Å². The largest absolute Gasteiger partial charge is 0.369 e. The Morgan fingerprint density at radius 1 is 1.26 bits per heavy atom. The molecule has 2 N–H and O–H groups in total. The number of aromatic nitrogens is 1. The number of primary amides is 1. The highest BCUT2D eigenvalue weighted by Gasteiger charge is 2.33. The zero-order valence-electron chi connectivity index (χ0n) is 12.9. The Kier molecular flexibility index (Phi) is 4.14. The average molecular weight is 313 g/mol. The Hall–Kier alpha value is -2.63. The molecule has 1 fully saturated rings. The molecule has 0 spiro atoms. The number of benzene rings is 1. The lowest BCUT2D eigenvalue weighted by molar-refractivity contribution is -0.123. The quantitative estimate of drug-likeness (QED) is 0.939.